The zero-order valence-electron chi connectivity index (χ0n) is 12.4. The Morgan fingerprint density at radius 1 is 1.14 bits per heavy atom. The number of hydrogen-bond donors (Lipinski definition) is 1. The molecule has 0 unspecified atom stereocenters. The number of likely N-dealkylation sites (N-methyl/N-ethyl adjacent to an activating group) is 1. The molecule has 0 atom stereocenters. The molecule has 0 spiro atoms. The van der Waals surface area contributed by atoms with Gasteiger partial charge in [-0.15, -0.1) is 0 Å². The largest absolute Gasteiger partial charge is 0.489 e. The van der Waals surface area contributed by atoms with Gasteiger partial charge in [-0.25, -0.2) is 5.01 Å². The van der Waals surface area contributed by atoms with E-state index in [4.69, 9.17) is 21.1 Å². The zero-order valence-corrected chi connectivity index (χ0v) is 13.2. The lowest BCUT2D eigenvalue weighted by atomic mass is 10.2. The van der Waals surface area contributed by atoms with Crippen LogP contribution in [-0.4, -0.2) is 56.3 Å². The molecule has 116 valence electrons. The number of hydrogen-bond acceptors (Lipinski definition) is 5. The number of nitrogens with zero attached hydrogens (tertiary/aromatic N) is 2. The van der Waals surface area contributed by atoms with Gasteiger partial charge in [-0.05, 0) is 24.7 Å². The summed E-state index contributed by atoms with van der Waals surface area (Å²) in [5.41, 5.74) is 4.57. The highest BCUT2D eigenvalue weighted by atomic mass is 35.5. The lowest BCUT2D eigenvalue weighted by Crippen LogP contribution is -2.50. The first-order valence-corrected chi connectivity index (χ1v) is 7.85. The zero-order chi connectivity index (χ0) is 14.7. The summed E-state index contributed by atoms with van der Waals surface area (Å²) in [6, 6.07) is 3.98. The number of hydrazine groups is 1. The van der Waals surface area contributed by atoms with Crippen molar-refractivity contribution in [1.29, 1.82) is 0 Å². The van der Waals surface area contributed by atoms with E-state index >= 15 is 0 Å². The van der Waals surface area contributed by atoms with Crippen LogP contribution in [0.1, 0.15) is 12.0 Å². The van der Waals surface area contributed by atoms with Crippen molar-refractivity contribution in [1.82, 2.24) is 15.3 Å². The van der Waals surface area contributed by atoms with Gasteiger partial charge in [-0.2, -0.15) is 0 Å². The summed E-state index contributed by atoms with van der Waals surface area (Å²) in [4.78, 5) is 2.34. The summed E-state index contributed by atoms with van der Waals surface area (Å²) in [7, 11) is 2.15. The number of piperazine rings is 1. The standard InChI is InChI=1S/C15H22ClN3O2/c1-18-3-5-19(6-4-18)17-11-12-9-13(16)15-14(10-12)20-7-2-8-21-15/h9-10,17H,2-8,11H2,1H3. The van der Waals surface area contributed by atoms with Crippen LogP contribution in [0.4, 0.5) is 0 Å². The SMILES string of the molecule is CN1CCN(NCc2cc(Cl)c3c(c2)OCCCO3)CC1. The van der Waals surface area contributed by atoms with Crippen molar-refractivity contribution in [3.63, 3.8) is 0 Å². The maximum Gasteiger partial charge on any atom is 0.179 e. The average molecular weight is 312 g/mol. The van der Waals surface area contributed by atoms with Crippen molar-refractivity contribution < 1.29 is 9.47 Å². The number of ether oxygens (including phenoxy) is 2. The minimum Gasteiger partial charge on any atom is -0.489 e. The van der Waals surface area contributed by atoms with Crippen LogP contribution in [0, 0.1) is 0 Å². The molecule has 6 heteroatoms. The second-order valence-corrected chi connectivity index (χ2v) is 5.99. The lowest BCUT2D eigenvalue weighted by molar-refractivity contribution is 0.102. The number of nitrogens with one attached hydrogen (secondary N) is 1. The smallest absolute Gasteiger partial charge is 0.179 e. The van der Waals surface area contributed by atoms with E-state index in [1.165, 1.54) is 0 Å². The summed E-state index contributed by atoms with van der Waals surface area (Å²) in [6.07, 6.45) is 0.889. The molecule has 0 aliphatic carbocycles. The third kappa shape index (κ3) is 3.80. The Kier molecular flexibility index (Phi) is 4.85. The van der Waals surface area contributed by atoms with E-state index in [1.54, 1.807) is 0 Å². The first-order valence-electron chi connectivity index (χ1n) is 7.47. The number of fused-ring (bicyclic) bond motifs is 1. The van der Waals surface area contributed by atoms with Crippen molar-refractivity contribution >= 4 is 11.6 Å². The van der Waals surface area contributed by atoms with Crippen LogP contribution in [0.25, 0.3) is 0 Å². The summed E-state index contributed by atoms with van der Waals surface area (Å²) < 4.78 is 11.4. The highest BCUT2D eigenvalue weighted by molar-refractivity contribution is 6.32. The maximum atomic E-state index is 6.31. The Morgan fingerprint density at radius 2 is 1.90 bits per heavy atom. The highest BCUT2D eigenvalue weighted by Gasteiger charge is 2.17. The molecule has 1 aromatic rings. The molecule has 21 heavy (non-hydrogen) atoms. The van der Waals surface area contributed by atoms with Crippen molar-refractivity contribution in [2.45, 2.75) is 13.0 Å². The normalized spacial score (nSPS) is 20.3. The molecule has 3 rings (SSSR count). The van der Waals surface area contributed by atoms with Gasteiger partial charge in [0.05, 0.1) is 18.2 Å². The van der Waals surface area contributed by atoms with Gasteiger partial charge in [-0.1, -0.05) is 11.6 Å². The van der Waals surface area contributed by atoms with Crippen LogP contribution in [-0.2, 0) is 6.54 Å². The van der Waals surface area contributed by atoms with Gasteiger partial charge in [0.2, 0.25) is 0 Å². The summed E-state index contributed by atoms with van der Waals surface area (Å²) in [6.45, 7) is 6.34. The number of benzene rings is 1. The third-order valence-electron chi connectivity index (χ3n) is 3.87. The molecule has 1 aromatic carbocycles. The Morgan fingerprint density at radius 3 is 2.71 bits per heavy atom. The second kappa shape index (κ2) is 6.83. The molecule has 0 aromatic heterocycles. The van der Waals surface area contributed by atoms with E-state index in [1.807, 2.05) is 12.1 Å². The van der Waals surface area contributed by atoms with Gasteiger partial charge >= 0.3 is 0 Å². The van der Waals surface area contributed by atoms with E-state index in [-0.39, 0.29) is 0 Å². The predicted octanol–water partition coefficient (Wildman–Crippen LogP) is 1.75. The summed E-state index contributed by atoms with van der Waals surface area (Å²) in [5.74, 6) is 1.44. The van der Waals surface area contributed by atoms with Crippen LogP contribution in [0.3, 0.4) is 0 Å². The van der Waals surface area contributed by atoms with Crippen LogP contribution in [0.5, 0.6) is 11.5 Å². The van der Waals surface area contributed by atoms with E-state index in [9.17, 15) is 0 Å². The minimum absolute atomic E-state index is 0.629. The first-order chi connectivity index (χ1) is 10.2. The van der Waals surface area contributed by atoms with Gasteiger partial charge in [0, 0.05) is 39.1 Å². The predicted molar refractivity (Wildman–Crippen MR) is 83.0 cm³/mol. The fourth-order valence-corrected chi connectivity index (χ4v) is 2.84. The van der Waals surface area contributed by atoms with Crippen molar-refractivity contribution in [2.24, 2.45) is 0 Å². The van der Waals surface area contributed by atoms with Crippen LogP contribution in [0.2, 0.25) is 5.02 Å². The number of rotatable bonds is 3. The van der Waals surface area contributed by atoms with Crippen LogP contribution < -0.4 is 14.9 Å². The molecular formula is C15H22ClN3O2. The lowest BCUT2D eigenvalue weighted by Gasteiger charge is -2.32. The van der Waals surface area contributed by atoms with Gasteiger partial charge < -0.3 is 14.4 Å². The van der Waals surface area contributed by atoms with Crippen molar-refractivity contribution in [3.8, 4) is 11.5 Å². The monoisotopic (exact) mass is 311 g/mol. The maximum absolute atomic E-state index is 6.31. The quantitative estimate of drug-likeness (QED) is 0.920. The van der Waals surface area contributed by atoms with Crippen molar-refractivity contribution in [2.75, 3.05) is 46.4 Å². The summed E-state index contributed by atoms with van der Waals surface area (Å²) >= 11 is 6.31. The second-order valence-electron chi connectivity index (χ2n) is 5.58. The molecule has 0 saturated carbocycles. The fraction of sp³-hybridized carbons (Fsp3) is 0.600. The fourth-order valence-electron chi connectivity index (χ4n) is 2.55. The molecule has 5 nitrogen and oxygen atoms in total. The molecule has 2 heterocycles. The third-order valence-corrected chi connectivity index (χ3v) is 4.15. The van der Waals surface area contributed by atoms with Gasteiger partial charge in [0.25, 0.3) is 0 Å². The molecule has 0 amide bonds. The number of halogens is 1. The van der Waals surface area contributed by atoms with E-state index < -0.39 is 0 Å². The minimum atomic E-state index is 0.629. The van der Waals surface area contributed by atoms with E-state index in [2.05, 4.69) is 22.4 Å². The Hall–Kier alpha value is -1.01. The van der Waals surface area contributed by atoms with Gasteiger partial charge in [0.15, 0.2) is 11.5 Å². The van der Waals surface area contributed by atoms with Gasteiger partial charge in [0.1, 0.15) is 0 Å². The molecule has 0 radical (unpaired) electrons. The molecule has 1 saturated heterocycles. The van der Waals surface area contributed by atoms with Crippen LogP contribution in [0.15, 0.2) is 12.1 Å². The summed E-state index contributed by atoms with van der Waals surface area (Å²) in [5, 5.41) is 2.89. The molecule has 2 aliphatic rings. The molecule has 1 N–H and O–H groups in total. The highest BCUT2D eigenvalue weighted by Crippen LogP contribution is 2.37. The van der Waals surface area contributed by atoms with Gasteiger partial charge in [-0.3, -0.25) is 5.43 Å². The molecule has 0 bridgehead atoms. The Bertz CT molecular complexity index is 490. The Labute approximate surface area is 130 Å². The van der Waals surface area contributed by atoms with E-state index in [0.717, 1.165) is 50.5 Å². The van der Waals surface area contributed by atoms with E-state index in [0.29, 0.717) is 24.0 Å². The van der Waals surface area contributed by atoms with Crippen LogP contribution >= 0.6 is 11.6 Å². The topological polar surface area (TPSA) is 37.0 Å². The molecule has 2 aliphatic heterocycles. The molecular weight excluding hydrogens is 290 g/mol. The first kappa shape index (κ1) is 14.9. The average Bonchev–Trinajstić information content (AvgIpc) is 2.72. The van der Waals surface area contributed by atoms with Crippen molar-refractivity contribution in [3.05, 3.63) is 22.7 Å². The molecule has 1 fully saturated rings. The Balaban J connectivity index is 1.63.